The van der Waals surface area contributed by atoms with Crippen LogP contribution in [0.1, 0.15) is 19.8 Å². The first-order valence-corrected chi connectivity index (χ1v) is 10.2. The monoisotopic (exact) mass is 367 g/mol. The predicted molar refractivity (Wildman–Crippen MR) is 117 cm³/mol. The Morgan fingerprint density at radius 1 is 0.821 bits per heavy atom. The molecular weight excluding hydrogens is 342 g/mol. The van der Waals surface area contributed by atoms with E-state index < -0.39 is 0 Å². The first kappa shape index (κ1) is 17.1. The normalized spacial score (nSPS) is 15.2. The highest BCUT2D eigenvalue weighted by molar-refractivity contribution is 5.82. The Bertz CT molecular complexity index is 1070. The summed E-state index contributed by atoms with van der Waals surface area (Å²) in [5.74, 6) is 0.825. The fourth-order valence-corrected chi connectivity index (χ4v) is 4.10. The maximum atomic E-state index is 5.00. The lowest BCUT2D eigenvalue weighted by atomic mass is 9.98. The van der Waals surface area contributed by atoms with E-state index in [1.165, 1.54) is 29.7 Å². The van der Waals surface area contributed by atoms with E-state index in [2.05, 4.69) is 89.3 Å². The molecule has 1 aliphatic rings. The minimum atomic E-state index is 0.825. The highest BCUT2D eigenvalue weighted by Crippen LogP contribution is 2.32. The van der Waals surface area contributed by atoms with Crippen molar-refractivity contribution in [2.45, 2.75) is 19.8 Å². The Kier molecular flexibility index (Phi) is 4.36. The molecule has 2 aromatic heterocycles. The summed E-state index contributed by atoms with van der Waals surface area (Å²) in [6.07, 6.45) is 6.93. The van der Waals surface area contributed by atoms with Gasteiger partial charge in [-0.2, -0.15) is 0 Å². The minimum Gasteiger partial charge on any atom is -0.370 e. The molecule has 3 heteroatoms. The topological polar surface area (TPSA) is 20.5 Å². The zero-order valence-corrected chi connectivity index (χ0v) is 16.3. The van der Waals surface area contributed by atoms with E-state index in [-0.39, 0.29) is 0 Å². The van der Waals surface area contributed by atoms with Gasteiger partial charge in [0.05, 0.1) is 11.4 Å². The van der Waals surface area contributed by atoms with Crippen molar-refractivity contribution in [1.29, 1.82) is 0 Å². The Hall–Kier alpha value is -3.07. The maximum Gasteiger partial charge on any atom is 0.145 e. The van der Waals surface area contributed by atoms with Crippen LogP contribution in [0, 0.1) is 5.92 Å². The van der Waals surface area contributed by atoms with Gasteiger partial charge in [-0.25, -0.2) is 4.98 Å². The number of imidazole rings is 1. The molecule has 0 amide bonds. The molecule has 140 valence electrons. The van der Waals surface area contributed by atoms with Crippen LogP contribution in [-0.2, 0) is 0 Å². The molecule has 2 aromatic carbocycles. The third kappa shape index (κ3) is 3.18. The molecule has 0 spiro atoms. The maximum absolute atomic E-state index is 5.00. The van der Waals surface area contributed by atoms with Gasteiger partial charge < -0.3 is 9.30 Å². The van der Waals surface area contributed by atoms with Gasteiger partial charge in [-0.3, -0.25) is 0 Å². The van der Waals surface area contributed by atoms with E-state index in [4.69, 9.17) is 4.98 Å². The van der Waals surface area contributed by atoms with E-state index in [1.807, 2.05) is 6.07 Å². The molecule has 28 heavy (non-hydrogen) atoms. The number of nitrogens with zero attached hydrogens (tertiary/aromatic N) is 3. The largest absolute Gasteiger partial charge is 0.370 e. The van der Waals surface area contributed by atoms with Crippen molar-refractivity contribution in [2.24, 2.45) is 5.92 Å². The fraction of sp³-hybridized carbons (Fsp3) is 0.240. The summed E-state index contributed by atoms with van der Waals surface area (Å²) in [6.45, 7) is 4.61. The van der Waals surface area contributed by atoms with Crippen LogP contribution in [-0.4, -0.2) is 22.5 Å². The van der Waals surface area contributed by atoms with Crippen LogP contribution < -0.4 is 4.90 Å². The van der Waals surface area contributed by atoms with Crippen molar-refractivity contribution in [3.63, 3.8) is 0 Å². The Morgan fingerprint density at radius 3 is 2.14 bits per heavy atom. The second-order valence-electron chi connectivity index (χ2n) is 7.87. The summed E-state index contributed by atoms with van der Waals surface area (Å²) >= 11 is 0. The number of anilines is 1. The third-order valence-electron chi connectivity index (χ3n) is 5.84. The molecule has 1 fully saturated rings. The summed E-state index contributed by atoms with van der Waals surface area (Å²) in [4.78, 5) is 7.52. The van der Waals surface area contributed by atoms with Crippen molar-refractivity contribution < 1.29 is 0 Å². The van der Waals surface area contributed by atoms with E-state index in [9.17, 15) is 0 Å². The quantitative estimate of drug-likeness (QED) is 0.449. The summed E-state index contributed by atoms with van der Waals surface area (Å²) in [7, 11) is 0. The first-order chi connectivity index (χ1) is 13.8. The van der Waals surface area contributed by atoms with E-state index in [0.717, 1.165) is 35.9 Å². The number of aromatic nitrogens is 2. The molecule has 5 rings (SSSR count). The van der Waals surface area contributed by atoms with Gasteiger partial charge in [-0.15, -0.1) is 0 Å². The van der Waals surface area contributed by atoms with Gasteiger partial charge in [-0.05, 0) is 30.4 Å². The van der Waals surface area contributed by atoms with Gasteiger partial charge in [0.15, 0.2) is 0 Å². The molecule has 0 aliphatic carbocycles. The SMILES string of the molecule is CC1CCN(c2cc(-c3ccccc3)c3nc(-c4ccccc4)cn3c2)CC1. The summed E-state index contributed by atoms with van der Waals surface area (Å²) in [5, 5.41) is 0. The van der Waals surface area contributed by atoms with Crippen molar-refractivity contribution in [3.8, 4) is 22.4 Å². The molecule has 1 aliphatic heterocycles. The lowest BCUT2D eigenvalue weighted by Crippen LogP contribution is -2.32. The molecule has 0 bridgehead atoms. The molecule has 0 unspecified atom stereocenters. The molecule has 0 N–H and O–H groups in total. The van der Waals surface area contributed by atoms with Crippen molar-refractivity contribution >= 4 is 11.3 Å². The van der Waals surface area contributed by atoms with Crippen molar-refractivity contribution in [1.82, 2.24) is 9.38 Å². The van der Waals surface area contributed by atoms with E-state index >= 15 is 0 Å². The van der Waals surface area contributed by atoms with Gasteiger partial charge in [0.2, 0.25) is 0 Å². The average molecular weight is 367 g/mol. The van der Waals surface area contributed by atoms with Crippen molar-refractivity contribution in [2.75, 3.05) is 18.0 Å². The second-order valence-corrected chi connectivity index (χ2v) is 7.87. The molecular formula is C25H25N3. The highest BCUT2D eigenvalue weighted by atomic mass is 15.1. The number of hydrogen-bond acceptors (Lipinski definition) is 2. The number of rotatable bonds is 3. The van der Waals surface area contributed by atoms with Crippen LogP contribution in [0.3, 0.4) is 0 Å². The molecule has 4 aromatic rings. The number of fused-ring (bicyclic) bond motifs is 1. The molecule has 0 atom stereocenters. The summed E-state index contributed by atoms with van der Waals surface area (Å²) in [5.41, 5.74) is 6.87. The van der Waals surface area contributed by atoms with Crippen LogP contribution in [0.25, 0.3) is 28.0 Å². The Balaban J connectivity index is 1.66. The third-order valence-corrected chi connectivity index (χ3v) is 5.84. The zero-order chi connectivity index (χ0) is 18.9. The number of benzene rings is 2. The molecule has 1 saturated heterocycles. The average Bonchev–Trinajstić information content (AvgIpc) is 3.19. The molecule has 3 nitrogen and oxygen atoms in total. The minimum absolute atomic E-state index is 0.825. The van der Waals surface area contributed by atoms with Gasteiger partial charge in [0.1, 0.15) is 5.65 Å². The fourth-order valence-electron chi connectivity index (χ4n) is 4.10. The lowest BCUT2D eigenvalue weighted by molar-refractivity contribution is 0.438. The second kappa shape index (κ2) is 7.16. The van der Waals surface area contributed by atoms with E-state index in [1.54, 1.807) is 0 Å². The molecule has 0 radical (unpaired) electrons. The van der Waals surface area contributed by atoms with Gasteiger partial charge in [0.25, 0.3) is 0 Å². The Morgan fingerprint density at radius 2 is 1.46 bits per heavy atom. The number of piperidine rings is 1. The number of pyridine rings is 1. The van der Waals surface area contributed by atoms with Crippen LogP contribution in [0.15, 0.2) is 79.1 Å². The summed E-state index contributed by atoms with van der Waals surface area (Å²) in [6, 6.07) is 23.4. The van der Waals surface area contributed by atoms with Crippen molar-refractivity contribution in [3.05, 3.63) is 79.1 Å². The molecule has 0 saturated carbocycles. The van der Waals surface area contributed by atoms with Crippen LogP contribution in [0.5, 0.6) is 0 Å². The standard InChI is InChI=1S/C25H25N3/c1-19-12-14-27(15-13-19)22-16-23(20-8-4-2-5-9-20)25-26-24(18-28(25)17-22)21-10-6-3-7-11-21/h2-11,16-19H,12-15H2,1H3. The van der Waals surface area contributed by atoms with Gasteiger partial charge in [0, 0.05) is 36.6 Å². The van der Waals surface area contributed by atoms with E-state index in [0.29, 0.717) is 0 Å². The highest BCUT2D eigenvalue weighted by Gasteiger charge is 2.19. The van der Waals surface area contributed by atoms with Gasteiger partial charge in [-0.1, -0.05) is 67.6 Å². The predicted octanol–water partition coefficient (Wildman–Crippen LogP) is 5.90. The smallest absolute Gasteiger partial charge is 0.145 e. The lowest BCUT2D eigenvalue weighted by Gasteiger charge is -2.32. The van der Waals surface area contributed by atoms with Gasteiger partial charge >= 0.3 is 0 Å². The van der Waals surface area contributed by atoms with Crippen LogP contribution in [0.4, 0.5) is 5.69 Å². The molecule has 3 heterocycles. The summed E-state index contributed by atoms with van der Waals surface area (Å²) < 4.78 is 2.21. The van der Waals surface area contributed by atoms with Crippen LogP contribution in [0.2, 0.25) is 0 Å². The van der Waals surface area contributed by atoms with Crippen LogP contribution >= 0.6 is 0 Å². The number of hydrogen-bond donors (Lipinski definition) is 0. The zero-order valence-electron chi connectivity index (χ0n) is 16.3. The Labute approximate surface area is 166 Å². The first-order valence-electron chi connectivity index (χ1n) is 10.2.